The molecule has 0 saturated carbocycles. The van der Waals surface area contributed by atoms with E-state index in [2.05, 4.69) is 15.1 Å². The monoisotopic (exact) mass is 395 g/mol. The third-order valence-electron chi connectivity index (χ3n) is 5.06. The SMILES string of the molecule is C[C@@H]1CN(c2cc(C(N)=O)c([N+](=O)[O-])cc2-c2n[nH]c3ccccc23)C[C@H](C)O1. The highest BCUT2D eigenvalue weighted by Gasteiger charge is 2.30. The molecule has 29 heavy (non-hydrogen) atoms. The van der Waals surface area contributed by atoms with Gasteiger partial charge in [-0.05, 0) is 26.0 Å². The van der Waals surface area contributed by atoms with Crippen molar-refractivity contribution in [3.8, 4) is 11.3 Å². The van der Waals surface area contributed by atoms with E-state index in [0.717, 1.165) is 10.9 Å². The van der Waals surface area contributed by atoms with Crippen LogP contribution in [0.4, 0.5) is 11.4 Å². The van der Waals surface area contributed by atoms with Crippen molar-refractivity contribution in [3.05, 3.63) is 52.1 Å². The number of H-pyrrole nitrogens is 1. The third-order valence-corrected chi connectivity index (χ3v) is 5.06. The number of nitro benzene ring substituents is 1. The highest BCUT2D eigenvalue weighted by molar-refractivity contribution is 6.03. The molecule has 4 rings (SSSR count). The molecule has 0 spiro atoms. The van der Waals surface area contributed by atoms with Crippen molar-refractivity contribution in [2.45, 2.75) is 26.1 Å². The number of nitrogens with one attached hydrogen (secondary N) is 1. The van der Waals surface area contributed by atoms with Gasteiger partial charge in [-0.25, -0.2) is 0 Å². The van der Waals surface area contributed by atoms with Gasteiger partial charge in [-0.15, -0.1) is 0 Å². The molecule has 0 bridgehead atoms. The van der Waals surface area contributed by atoms with E-state index in [0.29, 0.717) is 30.0 Å². The number of aromatic amines is 1. The van der Waals surface area contributed by atoms with Crippen molar-refractivity contribution in [3.63, 3.8) is 0 Å². The number of primary amides is 1. The van der Waals surface area contributed by atoms with Gasteiger partial charge in [-0.2, -0.15) is 5.10 Å². The smallest absolute Gasteiger partial charge is 0.282 e. The van der Waals surface area contributed by atoms with Crippen LogP contribution in [-0.2, 0) is 4.74 Å². The molecule has 150 valence electrons. The molecule has 1 saturated heterocycles. The number of hydrogen-bond donors (Lipinski definition) is 2. The number of nitro groups is 1. The van der Waals surface area contributed by atoms with Gasteiger partial charge in [0.05, 0.1) is 22.6 Å². The van der Waals surface area contributed by atoms with Gasteiger partial charge in [0.2, 0.25) is 0 Å². The molecule has 9 heteroatoms. The number of carbonyl (C=O) groups excluding carboxylic acids is 1. The Bertz CT molecular complexity index is 1100. The quantitative estimate of drug-likeness (QED) is 0.516. The van der Waals surface area contributed by atoms with Gasteiger partial charge in [0, 0.05) is 35.8 Å². The molecule has 3 aromatic rings. The van der Waals surface area contributed by atoms with Crippen LogP contribution in [0.5, 0.6) is 0 Å². The molecule has 0 unspecified atom stereocenters. The average molecular weight is 395 g/mol. The molecule has 2 atom stereocenters. The Kier molecular flexibility index (Phi) is 4.67. The molecule has 2 heterocycles. The molecule has 1 aromatic heterocycles. The third kappa shape index (κ3) is 3.40. The standard InChI is InChI=1S/C20H21N5O4/c1-11-9-24(10-12(2)29-11)17-8-15(20(21)26)18(25(27)28)7-14(17)19-13-5-3-4-6-16(13)22-23-19/h3-8,11-12H,9-10H2,1-2H3,(H2,21,26)(H,22,23)/t11-,12+. The minimum Gasteiger partial charge on any atom is -0.372 e. The summed E-state index contributed by atoms with van der Waals surface area (Å²) >= 11 is 0. The predicted molar refractivity (Wildman–Crippen MR) is 109 cm³/mol. The number of benzene rings is 2. The van der Waals surface area contributed by atoms with Crippen LogP contribution in [0.1, 0.15) is 24.2 Å². The van der Waals surface area contributed by atoms with E-state index in [4.69, 9.17) is 10.5 Å². The van der Waals surface area contributed by atoms with Gasteiger partial charge < -0.3 is 15.4 Å². The Hall–Kier alpha value is -3.46. The Labute approximate surface area is 166 Å². The highest BCUT2D eigenvalue weighted by Crippen LogP contribution is 2.39. The number of aromatic nitrogens is 2. The van der Waals surface area contributed by atoms with Crippen molar-refractivity contribution in [1.29, 1.82) is 0 Å². The van der Waals surface area contributed by atoms with Crippen LogP contribution in [0, 0.1) is 10.1 Å². The van der Waals surface area contributed by atoms with Gasteiger partial charge in [0.15, 0.2) is 0 Å². The fourth-order valence-corrected chi connectivity index (χ4v) is 3.92. The van der Waals surface area contributed by atoms with Crippen molar-refractivity contribution < 1.29 is 14.5 Å². The summed E-state index contributed by atoms with van der Waals surface area (Å²) in [5.41, 5.74) is 7.64. The lowest BCUT2D eigenvalue weighted by Crippen LogP contribution is -2.45. The first kappa shape index (κ1) is 18.9. The molecule has 0 aliphatic carbocycles. The van der Waals surface area contributed by atoms with Crippen LogP contribution >= 0.6 is 0 Å². The van der Waals surface area contributed by atoms with Crippen LogP contribution in [0.25, 0.3) is 22.2 Å². The second-order valence-electron chi connectivity index (χ2n) is 7.29. The first-order chi connectivity index (χ1) is 13.8. The lowest BCUT2D eigenvalue weighted by Gasteiger charge is -2.37. The number of nitrogens with two attached hydrogens (primary N) is 1. The maximum Gasteiger partial charge on any atom is 0.282 e. The zero-order valence-corrected chi connectivity index (χ0v) is 16.1. The normalized spacial score (nSPS) is 19.4. The molecule has 1 amide bonds. The maximum absolute atomic E-state index is 12.0. The number of para-hydroxylation sites is 1. The molecule has 3 N–H and O–H groups in total. The molecule has 0 radical (unpaired) electrons. The van der Waals surface area contributed by atoms with Gasteiger partial charge >= 0.3 is 0 Å². The number of morpholine rings is 1. The maximum atomic E-state index is 12.0. The van der Waals surface area contributed by atoms with Gasteiger partial charge in [0.1, 0.15) is 11.3 Å². The van der Waals surface area contributed by atoms with E-state index < -0.39 is 10.8 Å². The molecule has 1 fully saturated rings. The minimum absolute atomic E-state index is 0.0326. The average Bonchev–Trinajstić information content (AvgIpc) is 3.10. The summed E-state index contributed by atoms with van der Waals surface area (Å²) in [6, 6.07) is 10.4. The van der Waals surface area contributed by atoms with Gasteiger partial charge in [0.25, 0.3) is 11.6 Å². The van der Waals surface area contributed by atoms with E-state index in [1.807, 2.05) is 38.1 Å². The van der Waals surface area contributed by atoms with Crippen LogP contribution in [0.2, 0.25) is 0 Å². The highest BCUT2D eigenvalue weighted by atomic mass is 16.6. The zero-order chi connectivity index (χ0) is 20.7. The van der Waals surface area contributed by atoms with Crippen molar-refractivity contribution in [2.75, 3.05) is 18.0 Å². The van der Waals surface area contributed by atoms with E-state index in [1.165, 1.54) is 12.1 Å². The number of ether oxygens (including phenoxy) is 1. The summed E-state index contributed by atoms with van der Waals surface area (Å²) in [5, 5.41) is 19.9. The van der Waals surface area contributed by atoms with Crippen LogP contribution in [-0.4, -0.2) is 46.3 Å². The predicted octanol–water partition coefficient (Wildman–Crippen LogP) is 2.85. The molecule has 9 nitrogen and oxygen atoms in total. The molecule has 2 aromatic carbocycles. The number of carbonyl (C=O) groups is 1. The lowest BCUT2D eigenvalue weighted by molar-refractivity contribution is -0.385. The van der Waals surface area contributed by atoms with E-state index >= 15 is 0 Å². The summed E-state index contributed by atoms with van der Waals surface area (Å²) in [5.74, 6) is -0.842. The van der Waals surface area contributed by atoms with Gasteiger partial charge in [-0.3, -0.25) is 20.0 Å². The second-order valence-corrected chi connectivity index (χ2v) is 7.29. The summed E-state index contributed by atoms with van der Waals surface area (Å²) in [7, 11) is 0. The Balaban J connectivity index is 1.98. The Morgan fingerprint density at radius 1 is 1.28 bits per heavy atom. The fraction of sp³-hybridized carbons (Fsp3) is 0.300. The van der Waals surface area contributed by atoms with Gasteiger partial charge in [-0.1, -0.05) is 18.2 Å². The Morgan fingerprint density at radius 3 is 2.62 bits per heavy atom. The summed E-state index contributed by atoms with van der Waals surface area (Å²) < 4.78 is 5.82. The number of rotatable bonds is 4. The first-order valence-electron chi connectivity index (χ1n) is 9.31. The second kappa shape index (κ2) is 7.17. The number of amides is 1. The molecular formula is C20H21N5O4. The summed E-state index contributed by atoms with van der Waals surface area (Å²) in [6.07, 6.45) is -0.0653. The molecule has 1 aliphatic heterocycles. The lowest BCUT2D eigenvalue weighted by atomic mass is 9.99. The van der Waals surface area contributed by atoms with Crippen LogP contribution in [0.3, 0.4) is 0 Å². The topological polar surface area (TPSA) is 127 Å². The van der Waals surface area contributed by atoms with Crippen molar-refractivity contribution in [2.24, 2.45) is 5.73 Å². The molecule has 1 aliphatic rings. The van der Waals surface area contributed by atoms with E-state index in [9.17, 15) is 14.9 Å². The fourth-order valence-electron chi connectivity index (χ4n) is 3.92. The number of hydrogen-bond acceptors (Lipinski definition) is 6. The Morgan fingerprint density at radius 2 is 1.97 bits per heavy atom. The number of nitrogens with zero attached hydrogens (tertiary/aromatic N) is 3. The number of anilines is 1. The summed E-state index contributed by atoms with van der Waals surface area (Å²) in [4.78, 5) is 25.1. The minimum atomic E-state index is -0.842. The van der Waals surface area contributed by atoms with E-state index in [1.54, 1.807) is 0 Å². The molecular weight excluding hydrogens is 374 g/mol. The first-order valence-corrected chi connectivity index (χ1v) is 9.31. The van der Waals surface area contributed by atoms with Crippen molar-refractivity contribution >= 4 is 28.2 Å². The zero-order valence-electron chi connectivity index (χ0n) is 16.1. The van der Waals surface area contributed by atoms with Crippen LogP contribution < -0.4 is 10.6 Å². The van der Waals surface area contributed by atoms with E-state index in [-0.39, 0.29) is 23.5 Å². The van der Waals surface area contributed by atoms with Crippen molar-refractivity contribution in [1.82, 2.24) is 10.2 Å². The van der Waals surface area contributed by atoms with Crippen LogP contribution in [0.15, 0.2) is 36.4 Å². The summed E-state index contributed by atoms with van der Waals surface area (Å²) in [6.45, 7) is 5.09. The largest absolute Gasteiger partial charge is 0.372 e. The number of fused-ring (bicyclic) bond motifs is 1.